The molecule has 0 saturated heterocycles. The van der Waals surface area contributed by atoms with Crippen LogP contribution in [0.1, 0.15) is 30.9 Å². The van der Waals surface area contributed by atoms with Crippen molar-refractivity contribution in [1.82, 2.24) is 0 Å². The van der Waals surface area contributed by atoms with Gasteiger partial charge in [-0.15, -0.1) is 0 Å². The molecule has 13 heavy (non-hydrogen) atoms. The molecule has 0 atom stereocenters. The minimum absolute atomic E-state index is 1.14. The van der Waals surface area contributed by atoms with Crippen LogP contribution in [0.5, 0.6) is 0 Å². The summed E-state index contributed by atoms with van der Waals surface area (Å²) < 4.78 is 0. The fourth-order valence-electron chi connectivity index (χ4n) is 1.97. The number of fused-ring (bicyclic) bond motifs is 1. The van der Waals surface area contributed by atoms with Gasteiger partial charge in [0.2, 0.25) is 0 Å². The molecule has 0 spiro atoms. The monoisotopic (exact) mass is 175 g/mol. The van der Waals surface area contributed by atoms with E-state index >= 15 is 0 Å². The van der Waals surface area contributed by atoms with Crippen molar-refractivity contribution in [3.63, 3.8) is 0 Å². The predicted molar refractivity (Wildman–Crippen MR) is 57.2 cm³/mol. The van der Waals surface area contributed by atoms with Crippen molar-refractivity contribution in [3.8, 4) is 0 Å². The zero-order valence-electron chi connectivity index (χ0n) is 8.27. The second-order valence-electron chi connectivity index (χ2n) is 3.77. The maximum absolute atomic E-state index is 3.43. The first-order valence-corrected chi connectivity index (χ1v) is 5.26. The summed E-state index contributed by atoms with van der Waals surface area (Å²) in [6, 6.07) is 6.85. The molecule has 1 aromatic rings. The van der Waals surface area contributed by atoms with Crippen LogP contribution in [-0.4, -0.2) is 6.54 Å². The Morgan fingerprint density at radius 3 is 3.15 bits per heavy atom. The van der Waals surface area contributed by atoms with Gasteiger partial charge in [-0.2, -0.15) is 0 Å². The van der Waals surface area contributed by atoms with Crippen LogP contribution in [0.2, 0.25) is 0 Å². The Balaban J connectivity index is 2.24. The van der Waals surface area contributed by atoms with E-state index in [9.17, 15) is 0 Å². The molecule has 1 heterocycles. The molecule has 0 aromatic heterocycles. The van der Waals surface area contributed by atoms with E-state index in [2.05, 4.69) is 30.4 Å². The predicted octanol–water partition coefficient (Wildman–Crippen LogP) is 3.00. The van der Waals surface area contributed by atoms with Crippen LogP contribution in [0.4, 0.5) is 5.69 Å². The SMILES string of the molecule is CCCc1ccc2c(c1)CCCN2. The standard InChI is InChI=1S/C12H17N/c1-2-4-10-6-7-12-11(9-10)5-3-8-13-12/h6-7,9,13H,2-5,8H2,1H3. The highest BCUT2D eigenvalue weighted by Crippen LogP contribution is 2.23. The Kier molecular flexibility index (Phi) is 2.53. The second kappa shape index (κ2) is 3.82. The Hall–Kier alpha value is -0.980. The minimum atomic E-state index is 1.14. The van der Waals surface area contributed by atoms with E-state index in [0.717, 1.165) is 6.54 Å². The molecule has 0 fully saturated rings. The van der Waals surface area contributed by atoms with Gasteiger partial charge in [0.05, 0.1) is 0 Å². The number of benzene rings is 1. The fraction of sp³-hybridized carbons (Fsp3) is 0.500. The summed E-state index contributed by atoms with van der Waals surface area (Å²) >= 11 is 0. The molecule has 70 valence electrons. The van der Waals surface area contributed by atoms with Crippen molar-refractivity contribution in [2.24, 2.45) is 0 Å². The molecule has 2 rings (SSSR count). The fourth-order valence-corrected chi connectivity index (χ4v) is 1.97. The Labute approximate surface area is 80.2 Å². The smallest absolute Gasteiger partial charge is 0.0372 e. The van der Waals surface area contributed by atoms with Gasteiger partial charge in [0, 0.05) is 12.2 Å². The summed E-state index contributed by atoms with van der Waals surface area (Å²) in [6.45, 7) is 3.37. The molecule has 0 radical (unpaired) electrons. The molecule has 0 unspecified atom stereocenters. The lowest BCUT2D eigenvalue weighted by Gasteiger charge is -2.18. The van der Waals surface area contributed by atoms with E-state index < -0.39 is 0 Å². The largest absolute Gasteiger partial charge is 0.385 e. The zero-order chi connectivity index (χ0) is 9.10. The van der Waals surface area contributed by atoms with Crippen LogP contribution >= 0.6 is 0 Å². The van der Waals surface area contributed by atoms with Crippen LogP contribution in [0.3, 0.4) is 0 Å². The average Bonchev–Trinajstić information content (AvgIpc) is 2.18. The van der Waals surface area contributed by atoms with E-state index in [4.69, 9.17) is 0 Å². The van der Waals surface area contributed by atoms with Gasteiger partial charge >= 0.3 is 0 Å². The molecular formula is C12H17N. The highest BCUT2D eigenvalue weighted by Gasteiger charge is 2.07. The van der Waals surface area contributed by atoms with Crippen molar-refractivity contribution >= 4 is 5.69 Å². The quantitative estimate of drug-likeness (QED) is 0.728. The molecule has 1 aliphatic heterocycles. The van der Waals surface area contributed by atoms with Gasteiger partial charge in [0.15, 0.2) is 0 Å². The van der Waals surface area contributed by atoms with Gasteiger partial charge in [0.1, 0.15) is 0 Å². The average molecular weight is 175 g/mol. The molecule has 1 nitrogen and oxygen atoms in total. The summed E-state index contributed by atoms with van der Waals surface area (Å²) in [5, 5.41) is 3.43. The number of nitrogens with one attached hydrogen (secondary N) is 1. The van der Waals surface area contributed by atoms with E-state index in [0.29, 0.717) is 0 Å². The topological polar surface area (TPSA) is 12.0 Å². The van der Waals surface area contributed by atoms with Gasteiger partial charge in [-0.1, -0.05) is 25.5 Å². The highest BCUT2D eigenvalue weighted by atomic mass is 14.9. The van der Waals surface area contributed by atoms with Crippen LogP contribution in [0.15, 0.2) is 18.2 Å². The van der Waals surface area contributed by atoms with Crippen molar-refractivity contribution in [1.29, 1.82) is 0 Å². The van der Waals surface area contributed by atoms with E-state index in [1.807, 2.05) is 0 Å². The van der Waals surface area contributed by atoms with E-state index in [-0.39, 0.29) is 0 Å². The van der Waals surface area contributed by atoms with Crippen molar-refractivity contribution in [3.05, 3.63) is 29.3 Å². The number of aryl methyl sites for hydroxylation is 2. The van der Waals surface area contributed by atoms with Gasteiger partial charge in [-0.05, 0) is 36.5 Å². The molecule has 0 bridgehead atoms. The molecule has 1 heteroatoms. The number of hydrogen-bond donors (Lipinski definition) is 1. The molecule has 1 aliphatic rings. The lowest BCUT2D eigenvalue weighted by Crippen LogP contribution is -2.11. The van der Waals surface area contributed by atoms with Crippen molar-refractivity contribution < 1.29 is 0 Å². The Morgan fingerprint density at radius 1 is 1.38 bits per heavy atom. The number of hydrogen-bond acceptors (Lipinski definition) is 1. The highest BCUT2D eigenvalue weighted by molar-refractivity contribution is 5.54. The van der Waals surface area contributed by atoms with Crippen molar-refractivity contribution in [2.45, 2.75) is 32.6 Å². The first-order chi connectivity index (χ1) is 6.40. The zero-order valence-corrected chi connectivity index (χ0v) is 8.27. The second-order valence-corrected chi connectivity index (χ2v) is 3.77. The van der Waals surface area contributed by atoms with Crippen molar-refractivity contribution in [2.75, 3.05) is 11.9 Å². The van der Waals surface area contributed by atoms with Crippen LogP contribution in [0, 0.1) is 0 Å². The maximum atomic E-state index is 3.43. The van der Waals surface area contributed by atoms with Crippen LogP contribution in [0.25, 0.3) is 0 Å². The third-order valence-electron chi connectivity index (χ3n) is 2.65. The Bertz CT molecular complexity index is 291. The summed E-state index contributed by atoms with van der Waals surface area (Å²) in [5.74, 6) is 0. The molecular weight excluding hydrogens is 158 g/mol. The third-order valence-corrected chi connectivity index (χ3v) is 2.65. The van der Waals surface area contributed by atoms with Gasteiger partial charge in [-0.3, -0.25) is 0 Å². The van der Waals surface area contributed by atoms with Gasteiger partial charge in [0.25, 0.3) is 0 Å². The summed E-state index contributed by atoms with van der Waals surface area (Å²) in [7, 11) is 0. The summed E-state index contributed by atoms with van der Waals surface area (Å²) in [4.78, 5) is 0. The molecule has 0 saturated carbocycles. The van der Waals surface area contributed by atoms with E-state index in [1.54, 1.807) is 0 Å². The first-order valence-electron chi connectivity index (χ1n) is 5.26. The lowest BCUT2D eigenvalue weighted by molar-refractivity contribution is 0.824. The van der Waals surface area contributed by atoms with Crippen LogP contribution < -0.4 is 5.32 Å². The van der Waals surface area contributed by atoms with Gasteiger partial charge < -0.3 is 5.32 Å². The maximum Gasteiger partial charge on any atom is 0.0372 e. The third kappa shape index (κ3) is 1.85. The van der Waals surface area contributed by atoms with E-state index in [1.165, 1.54) is 42.5 Å². The van der Waals surface area contributed by atoms with Crippen LogP contribution in [-0.2, 0) is 12.8 Å². The Morgan fingerprint density at radius 2 is 2.31 bits per heavy atom. The normalized spacial score (nSPS) is 14.8. The molecule has 1 N–H and O–H groups in total. The number of anilines is 1. The lowest BCUT2D eigenvalue weighted by atomic mass is 9.99. The number of rotatable bonds is 2. The first kappa shape index (κ1) is 8.61. The molecule has 0 aliphatic carbocycles. The minimum Gasteiger partial charge on any atom is -0.385 e. The molecule has 1 aromatic carbocycles. The molecule has 0 amide bonds. The summed E-state index contributed by atoms with van der Waals surface area (Å²) in [6.07, 6.45) is 4.99. The van der Waals surface area contributed by atoms with Gasteiger partial charge in [-0.25, -0.2) is 0 Å². The summed E-state index contributed by atoms with van der Waals surface area (Å²) in [5.41, 5.74) is 4.35.